The number of Topliss-reactive ketones (excluding diaryl/α,β-unsaturated/α-hetero) is 1. The second-order valence-corrected chi connectivity index (χ2v) is 7.82. The number of aliphatic hydroxyl groups excluding tert-OH is 1. The van der Waals surface area contributed by atoms with Gasteiger partial charge >= 0.3 is 0 Å². The third-order valence-electron chi connectivity index (χ3n) is 2.75. The van der Waals surface area contributed by atoms with Crippen molar-refractivity contribution in [2.24, 2.45) is 0 Å². The van der Waals surface area contributed by atoms with Gasteiger partial charge in [-0.05, 0) is 37.9 Å². The highest BCUT2D eigenvalue weighted by Crippen LogP contribution is 2.32. The maximum Gasteiger partial charge on any atom is 0.178 e. The van der Waals surface area contributed by atoms with E-state index in [2.05, 4.69) is 31.9 Å². The highest BCUT2D eigenvalue weighted by molar-refractivity contribution is 9.12. The minimum Gasteiger partial charge on any atom is -0.394 e. The molecule has 1 atom stereocenters. The molecule has 1 unspecified atom stereocenters. The van der Waals surface area contributed by atoms with Gasteiger partial charge in [0.05, 0.1) is 33.4 Å². The third kappa shape index (κ3) is 3.61. The summed E-state index contributed by atoms with van der Waals surface area (Å²) in [6, 6.07) is 1.83. The number of ether oxygens (including phenoxy) is 1. The standard InChI is InChI=1S/C11H13Br2NO3S/c12-10-3-8(11(13)18-10)9(16)5-14-1-2-17-7(4-14)6-15/h3,7,15H,1-2,4-6H2. The molecule has 0 aromatic carbocycles. The van der Waals surface area contributed by atoms with Crippen LogP contribution in [0.1, 0.15) is 10.4 Å². The normalized spacial score (nSPS) is 21.2. The summed E-state index contributed by atoms with van der Waals surface area (Å²) in [5, 5.41) is 9.06. The van der Waals surface area contributed by atoms with Crippen molar-refractivity contribution in [3.63, 3.8) is 0 Å². The average Bonchev–Trinajstić information content (AvgIpc) is 2.69. The van der Waals surface area contributed by atoms with Crippen LogP contribution in [0.25, 0.3) is 0 Å². The van der Waals surface area contributed by atoms with Crippen LogP contribution < -0.4 is 0 Å². The number of morpholine rings is 1. The number of halogens is 2. The van der Waals surface area contributed by atoms with Gasteiger partial charge in [-0.2, -0.15) is 0 Å². The molecule has 0 amide bonds. The molecule has 2 rings (SSSR count). The maximum atomic E-state index is 12.2. The van der Waals surface area contributed by atoms with Crippen LogP contribution >= 0.6 is 43.2 Å². The van der Waals surface area contributed by atoms with Crippen LogP contribution in [-0.2, 0) is 4.74 Å². The number of nitrogens with zero attached hydrogens (tertiary/aromatic N) is 1. The van der Waals surface area contributed by atoms with Gasteiger partial charge in [-0.15, -0.1) is 11.3 Å². The number of aliphatic hydroxyl groups is 1. The van der Waals surface area contributed by atoms with Crippen LogP contribution in [0.5, 0.6) is 0 Å². The van der Waals surface area contributed by atoms with E-state index in [1.54, 1.807) is 0 Å². The first-order chi connectivity index (χ1) is 8.60. The van der Waals surface area contributed by atoms with Crippen LogP contribution in [0.15, 0.2) is 13.6 Å². The Kier molecular flexibility index (Phi) is 5.35. The van der Waals surface area contributed by atoms with Crippen molar-refractivity contribution in [2.75, 3.05) is 32.8 Å². The lowest BCUT2D eigenvalue weighted by atomic mass is 10.2. The van der Waals surface area contributed by atoms with Crippen LogP contribution in [0.3, 0.4) is 0 Å². The van der Waals surface area contributed by atoms with E-state index in [-0.39, 0.29) is 18.5 Å². The summed E-state index contributed by atoms with van der Waals surface area (Å²) >= 11 is 8.25. The molecule has 100 valence electrons. The van der Waals surface area contributed by atoms with Gasteiger partial charge in [-0.1, -0.05) is 0 Å². The Balaban J connectivity index is 1.97. The molecule has 0 bridgehead atoms. The van der Waals surface area contributed by atoms with E-state index < -0.39 is 0 Å². The topological polar surface area (TPSA) is 49.8 Å². The molecule has 1 N–H and O–H groups in total. The Labute approximate surface area is 126 Å². The zero-order valence-electron chi connectivity index (χ0n) is 9.57. The lowest BCUT2D eigenvalue weighted by Gasteiger charge is -2.31. The molecule has 1 fully saturated rings. The van der Waals surface area contributed by atoms with E-state index in [4.69, 9.17) is 9.84 Å². The highest BCUT2D eigenvalue weighted by atomic mass is 79.9. The number of ketones is 1. The molecule has 0 spiro atoms. The first kappa shape index (κ1) is 14.6. The molecule has 2 heterocycles. The van der Waals surface area contributed by atoms with Gasteiger partial charge in [0.2, 0.25) is 0 Å². The molecule has 1 aliphatic rings. The van der Waals surface area contributed by atoms with Crippen LogP contribution in [0.4, 0.5) is 0 Å². The van der Waals surface area contributed by atoms with Gasteiger partial charge < -0.3 is 9.84 Å². The van der Waals surface area contributed by atoms with Gasteiger partial charge in [0.25, 0.3) is 0 Å². The van der Waals surface area contributed by atoms with E-state index in [1.807, 2.05) is 11.0 Å². The summed E-state index contributed by atoms with van der Waals surface area (Å²) in [6.45, 7) is 2.25. The molecule has 0 saturated carbocycles. The minimum absolute atomic E-state index is 0.00160. The Morgan fingerprint density at radius 1 is 1.61 bits per heavy atom. The predicted molar refractivity (Wildman–Crippen MR) is 77.3 cm³/mol. The molecule has 0 aliphatic carbocycles. The SMILES string of the molecule is O=C(CN1CCOC(CO)C1)c1cc(Br)sc1Br. The van der Waals surface area contributed by atoms with Crippen molar-refractivity contribution >= 4 is 49.0 Å². The van der Waals surface area contributed by atoms with Crippen molar-refractivity contribution in [3.8, 4) is 0 Å². The summed E-state index contributed by atoms with van der Waals surface area (Å²) in [5.41, 5.74) is 0.707. The van der Waals surface area contributed by atoms with Gasteiger partial charge in [-0.25, -0.2) is 0 Å². The summed E-state index contributed by atoms with van der Waals surface area (Å²) < 4.78 is 7.15. The second kappa shape index (κ2) is 6.58. The third-order valence-corrected chi connectivity index (χ3v) is 5.09. The van der Waals surface area contributed by atoms with Crippen molar-refractivity contribution in [2.45, 2.75) is 6.10 Å². The molecule has 1 saturated heterocycles. The zero-order valence-corrected chi connectivity index (χ0v) is 13.6. The van der Waals surface area contributed by atoms with Crippen LogP contribution in [0, 0.1) is 0 Å². The average molecular weight is 399 g/mol. The van der Waals surface area contributed by atoms with Crippen LogP contribution in [0.2, 0.25) is 0 Å². The van der Waals surface area contributed by atoms with E-state index in [1.165, 1.54) is 11.3 Å². The molecule has 0 radical (unpaired) electrons. The number of carbonyl (C=O) groups excluding carboxylic acids is 1. The van der Waals surface area contributed by atoms with Gasteiger partial charge in [-0.3, -0.25) is 9.69 Å². The quantitative estimate of drug-likeness (QED) is 0.789. The lowest BCUT2D eigenvalue weighted by molar-refractivity contribution is -0.0503. The van der Waals surface area contributed by atoms with Crippen molar-refractivity contribution in [1.82, 2.24) is 4.90 Å². The smallest absolute Gasteiger partial charge is 0.178 e. The van der Waals surface area contributed by atoms with E-state index in [0.29, 0.717) is 25.3 Å². The lowest BCUT2D eigenvalue weighted by Crippen LogP contribution is -2.45. The number of hydrogen-bond acceptors (Lipinski definition) is 5. The second-order valence-electron chi connectivity index (χ2n) is 4.07. The molecule has 4 nitrogen and oxygen atoms in total. The van der Waals surface area contributed by atoms with E-state index in [9.17, 15) is 4.79 Å². The number of hydrogen-bond donors (Lipinski definition) is 1. The molecule has 1 aromatic heterocycles. The molecule has 1 aromatic rings. The zero-order chi connectivity index (χ0) is 13.1. The number of thiophene rings is 1. The summed E-state index contributed by atoms with van der Waals surface area (Å²) in [6.07, 6.45) is -0.177. The Hall–Kier alpha value is 0.210. The minimum atomic E-state index is -0.177. The summed E-state index contributed by atoms with van der Waals surface area (Å²) in [5.74, 6) is 0.0856. The molecular formula is C11H13Br2NO3S. The van der Waals surface area contributed by atoms with E-state index >= 15 is 0 Å². The molecule has 1 aliphatic heterocycles. The van der Waals surface area contributed by atoms with Crippen LogP contribution in [-0.4, -0.2) is 54.7 Å². The number of rotatable bonds is 4. The number of carbonyl (C=O) groups is 1. The summed E-state index contributed by atoms with van der Waals surface area (Å²) in [7, 11) is 0. The fraction of sp³-hybridized carbons (Fsp3) is 0.545. The maximum absolute atomic E-state index is 12.2. The largest absolute Gasteiger partial charge is 0.394 e. The Bertz CT molecular complexity index is 438. The molecule has 7 heteroatoms. The van der Waals surface area contributed by atoms with Gasteiger partial charge in [0.15, 0.2) is 5.78 Å². The fourth-order valence-electron chi connectivity index (χ4n) is 1.85. The Morgan fingerprint density at radius 3 is 3.00 bits per heavy atom. The predicted octanol–water partition coefficient (Wildman–Crippen LogP) is 2.15. The van der Waals surface area contributed by atoms with Crippen molar-refractivity contribution in [3.05, 3.63) is 19.2 Å². The van der Waals surface area contributed by atoms with E-state index in [0.717, 1.165) is 14.1 Å². The van der Waals surface area contributed by atoms with Gasteiger partial charge in [0, 0.05) is 18.7 Å². The van der Waals surface area contributed by atoms with Crippen molar-refractivity contribution < 1.29 is 14.6 Å². The van der Waals surface area contributed by atoms with Gasteiger partial charge in [0.1, 0.15) is 0 Å². The monoisotopic (exact) mass is 397 g/mol. The fourth-order valence-corrected chi connectivity index (χ4v) is 4.71. The highest BCUT2D eigenvalue weighted by Gasteiger charge is 2.23. The first-order valence-corrected chi connectivity index (χ1v) is 7.93. The molecule has 18 heavy (non-hydrogen) atoms. The first-order valence-electron chi connectivity index (χ1n) is 5.53. The molecular weight excluding hydrogens is 386 g/mol. The van der Waals surface area contributed by atoms with Crippen molar-refractivity contribution in [1.29, 1.82) is 0 Å². The summed E-state index contributed by atoms with van der Waals surface area (Å²) in [4.78, 5) is 14.2. The Morgan fingerprint density at radius 2 is 2.39 bits per heavy atom.